The third kappa shape index (κ3) is 6.12. The van der Waals surface area contributed by atoms with Crippen molar-refractivity contribution in [2.24, 2.45) is 5.84 Å². The summed E-state index contributed by atoms with van der Waals surface area (Å²) in [5, 5.41) is 9.31. The van der Waals surface area contributed by atoms with E-state index in [4.69, 9.17) is 5.84 Å². The Morgan fingerprint density at radius 3 is 2.31 bits per heavy atom. The number of amides is 1. The van der Waals surface area contributed by atoms with Gasteiger partial charge in [-0.1, -0.05) is 5.92 Å². The van der Waals surface area contributed by atoms with Crippen molar-refractivity contribution in [2.45, 2.75) is 6.92 Å². The molecule has 16 heavy (non-hydrogen) atoms. The monoisotopic (exact) mass is 221 g/mol. The number of H-pyrrole nitrogens is 1. The molecule has 0 unspecified atom stereocenters. The third-order valence-corrected chi connectivity index (χ3v) is 1.34. The first-order valence-electron chi connectivity index (χ1n) is 4.22. The van der Waals surface area contributed by atoms with Gasteiger partial charge in [0.25, 0.3) is 5.91 Å². The van der Waals surface area contributed by atoms with E-state index in [-0.39, 0.29) is 5.91 Å². The lowest BCUT2D eigenvalue weighted by atomic mass is 10.3. The first kappa shape index (κ1) is 13.6. The normalized spacial score (nSPS) is 7.62. The SMILES string of the molecule is CC#CC(=O)[O-].NNC(=O)c1cc[nH+]cc1. The fourth-order valence-electron chi connectivity index (χ4n) is 0.724. The minimum atomic E-state index is -1.32. The average Bonchev–Trinajstić information content (AvgIpc) is 2.30. The predicted octanol–water partition coefficient (Wildman–Crippen LogP) is -2.14. The van der Waals surface area contributed by atoms with E-state index in [1.165, 1.54) is 6.92 Å². The second-order valence-corrected chi connectivity index (χ2v) is 2.42. The molecule has 84 valence electrons. The van der Waals surface area contributed by atoms with Gasteiger partial charge < -0.3 is 9.90 Å². The Morgan fingerprint density at radius 1 is 1.44 bits per heavy atom. The van der Waals surface area contributed by atoms with Crippen LogP contribution in [-0.4, -0.2) is 11.9 Å². The summed E-state index contributed by atoms with van der Waals surface area (Å²) in [5.74, 6) is 7.21. The zero-order valence-electron chi connectivity index (χ0n) is 8.61. The Bertz CT molecular complexity index is 406. The number of aromatic amines is 1. The molecule has 0 aliphatic carbocycles. The molecule has 0 radical (unpaired) electrons. The van der Waals surface area contributed by atoms with Gasteiger partial charge in [0, 0.05) is 12.1 Å². The molecule has 1 rings (SSSR count). The van der Waals surface area contributed by atoms with Crippen LogP contribution in [-0.2, 0) is 4.79 Å². The van der Waals surface area contributed by atoms with Gasteiger partial charge in [-0.15, -0.1) is 5.92 Å². The fraction of sp³-hybridized carbons (Fsp3) is 0.100. The zero-order valence-corrected chi connectivity index (χ0v) is 8.61. The maximum atomic E-state index is 10.8. The quantitative estimate of drug-likeness (QED) is 0.244. The van der Waals surface area contributed by atoms with Crippen molar-refractivity contribution in [2.75, 3.05) is 0 Å². The van der Waals surface area contributed by atoms with Gasteiger partial charge >= 0.3 is 0 Å². The molecule has 1 heterocycles. The van der Waals surface area contributed by atoms with Gasteiger partial charge in [0.15, 0.2) is 12.4 Å². The number of aromatic nitrogens is 1. The summed E-state index contributed by atoms with van der Waals surface area (Å²) in [4.78, 5) is 22.9. The highest BCUT2D eigenvalue weighted by Crippen LogP contribution is 1.91. The largest absolute Gasteiger partial charge is 0.537 e. The van der Waals surface area contributed by atoms with Crippen LogP contribution in [0.1, 0.15) is 17.3 Å². The van der Waals surface area contributed by atoms with Crippen molar-refractivity contribution in [1.82, 2.24) is 5.43 Å². The molecule has 6 nitrogen and oxygen atoms in total. The van der Waals surface area contributed by atoms with Gasteiger partial charge in [-0.3, -0.25) is 10.2 Å². The van der Waals surface area contributed by atoms with Crippen molar-refractivity contribution in [3.05, 3.63) is 30.1 Å². The molecule has 0 atom stereocenters. The highest BCUT2D eigenvalue weighted by molar-refractivity contribution is 5.93. The summed E-state index contributed by atoms with van der Waals surface area (Å²) in [6.07, 6.45) is 3.31. The van der Waals surface area contributed by atoms with Crippen LogP contribution in [0, 0.1) is 11.8 Å². The predicted molar refractivity (Wildman–Crippen MR) is 53.1 cm³/mol. The molecule has 0 bridgehead atoms. The molecule has 0 aliphatic rings. The van der Waals surface area contributed by atoms with E-state index in [2.05, 4.69) is 10.9 Å². The fourth-order valence-corrected chi connectivity index (χ4v) is 0.724. The highest BCUT2D eigenvalue weighted by atomic mass is 16.4. The summed E-state index contributed by atoms with van der Waals surface area (Å²) in [6.45, 7) is 1.44. The number of carbonyl (C=O) groups is 2. The van der Waals surface area contributed by atoms with Gasteiger partial charge in [0.1, 0.15) is 5.97 Å². The minimum absolute atomic E-state index is 0.283. The highest BCUT2D eigenvalue weighted by Gasteiger charge is 2.01. The van der Waals surface area contributed by atoms with Crippen LogP contribution in [0.25, 0.3) is 0 Å². The molecule has 6 heteroatoms. The minimum Gasteiger partial charge on any atom is -0.537 e. The van der Waals surface area contributed by atoms with E-state index in [0.717, 1.165) is 0 Å². The Kier molecular flexibility index (Phi) is 6.77. The van der Waals surface area contributed by atoms with Gasteiger partial charge in [0.05, 0.1) is 5.56 Å². The maximum absolute atomic E-state index is 10.8. The first-order valence-corrected chi connectivity index (χ1v) is 4.22. The number of nitrogen functional groups attached to an aromatic ring is 1. The van der Waals surface area contributed by atoms with E-state index in [1.807, 2.05) is 5.43 Å². The Hall–Kier alpha value is -2.39. The molecule has 0 saturated heterocycles. The molecule has 0 fully saturated rings. The van der Waals surface area contributed by atoms with Gasteiger partial charge in [-0.05, 0) is 6.92 Å². The summed E-state index contributed by atoms with van der Waals surface area (Å²) in [5.41, 5.74) is 2.57. The number of carbonyl (C=O) groups excluding carboxylic acids is 2. The number of carboxylic acids is 1. The summed E-state index contributed by atoms with van der Waals surface area (Å²) in [6, 6.07) is 3.28. The number of rotatable bonds is 1. The number of carboxylic acid groups (broad SMARTS) is 1. The number of aliphatic carboxylic acids is 1. The smallest absolute Gasteiger partial charge is 0.265 e. The van der Waals surface area contributed by atoms with Crippen LogP contribution in [0.15, 0.2) is 24.5 Å². The number of hydrogen-bond donors (Lipinski definition) is 2. The van der Waals surface area contributed by atoms with Crippen molar-refractivity contribution in [3.8, 4) is 11.8 Å². The number of pyridine rings is 1. The van der Waals surface area contributed by atoms with E-state index in [9.17, 15) is 14.7 Å². The van der Waals surface area contributed by atoms with Crippen LogP contribution < -0.4 is 21.4 Å². The third-order valence-electron chi connectivity index (χ3n) is 1.34. The van der Waals surface area contributed by atoms with Crippen molar-refractivity contribution < 1.29 is 19.7 Å². The average molecular weight is 221 g/mol. The molecular weight excluding hydrogens is 210 g/mol. The molecule has 4 N–H and O–H groups in total. The molecular formula is C10H11N3O3. The van der Waals surface area contributed by atoms with Gasteiger partial charge in [-0.25, -0.2) is 10.8 Å². The van der Waals surface area contributed by atoms with E-state index >= 15 is 0 Å². The van der Waals surface area contributed by atoms with Crippen LogP contribution in [0.2, 0.25) is 0 Å². The lowest BCUT2D eigenvalue weighted by Crippen LogP contribution is -2.30. The number of nitrogens with one attached hydrogen (secondary N) is 2. The Morgan fingerprint density at radius 2 is 2.00 bits per heavy atom. The second-order valence-electron chi connectivity index (χ2n) is 2.42. The lowest BCUT2D eigenvalue weighted by Gasteiger charge is -1.93. The second kappa shape index (κ2) is 7.96. The molecule has 0 spiro atoms. The summed E-state index contributed by atoms with van der Waals surface area (Å²) in [7, 11) is 0. The molecule has 0 saturated carbocycles. The van der Waals surface area contributed by atoms with E-state index in [1.54, 1.807) is 30.4 Å². The van der Waals surface area contributed by atoms with Crippen LogP contribution in [0.4, 0.5) is 0 Å². The summed E-state index contributed by atoms with van der Waals surface area (Å²) >= 11 is 0. The standard InChI is InChI=1S/C6H7N3O.C4H4O2/c7-9-6(10)5-1-3-8-4-2-5;1-2-3-4(5)6/h1-4H,7H2,(H,9,10);1H3,(H,5,6). The summed E-state index contributed by atoms with van der Waals surface area (Å²) < 4.78 is 0. The number of nitrogens with two attached hydrogens (primary N) is 1. The lowest BCUT2D eigenvalue weighted by molar-refractivity contribution is -0.378. The molecule has 1 aromatic rings. The van der Waals surface area contributed by atoms with Crippen LogP contribution in [0.5, 0.6) is 0 Å². The molecule has 0 aromatic carbocycles. The van der Waals surface area contributed by atoms with Gasteiger partial charge in [-0.2, -0.15) is 0 Å². The van der Waals surface area contributed by atoms with Crippen LogP contribution >= 0.6 is 0 Å². The van der Waals surface area contributed by atoms with E-state index in [0.29, 0.717) is 5.56 Å². The number of hydrazine groups is 1. The topological polar surface area (TPSA) is 109 Å². The Balaban J connectivity index is 0.000000325. The van der Waals surface area contributed by atoms with Crippen molar-refractivity contribution >= 4 is 11.9 Å². The Labute approximate surface area is 92.5 Å². The van der Waals surface area contributed by atoms with Crippen LogP contribution in [0.3, 0.4) is 0 Å². The molecule has 1 aromatic heterocycles. The van der Waals surface area contributed by atoms with E-state index < -0.39 is 5.97 Å². The van der Waals surface area contributed by atoms with Crippen molar-refractivity contribution in [1.29, 1.82) is 0 Å². The first-order chi connectivity index (χ1) is 7.61. The zero-order chi connectivity index (χ0) is 12.4. The maximum Gasteiger partial charge on any atom is 0.265 e. The van der Waals surface area contributed by atoms with Gasteiger partial charge in [0.2, 0.25) is 0 Å². The molecule has 0 aliphatic heterocycles. The number of hydrogen-bond acceptors (Lipinski definition) is 4. The molecule has 1 amide bonds. The van der Waals surface area contributed by atoms with Crippen molar-refractivity contribution in [3.63, 3.8) is 0 Å².